The summed E-state index contributed by atoms with van der Waals surface area (Å²) in [6, 6.07) is 1.68. The van der Waals surface area contributed by atoms with Crippen LogP contribution in [-0.2, 0) is 0 Å². The Balaban J connectivity index is 1.47. The predicted molar refractivity (Wildman–Crippen MR) is 55.8 cm³/mol. The Morgan fingerprint density at radius 2 is 1.54 bits per heavy atom. The maximum atomic E-state index is 3.63. The van der Waals surface area contributed by atoms with Gasteiger partial charge in [-0.15, -0.1) is 0 Å². The van der Waals surface area contributed by atoms with E-state index in [1.165, 1.54) is 32.1 Å². The average Bonchev–Trinajstić information content (AvgIpc) is 2.84. The summed E-state index contributed by atoms with van der Waals surface area (Å²) >= 11 is 0. The van der Waals surface area contributed by atoms with E-state index in [1.54, 1.807) is 0 Å². The monoisotopic (exact) mass is 182 g/mol. The molecule has 0 amide bonds. The topological polar surface area (TPSA) is 24.1 Å². The SMILES string of the molecule is CC1CCC(NCCNC2CC2)C1. The minimum Gasteiger partial charge on any atom is -0.313 e. The summed E-state index contributed by atoms with van der Waals surface area (Å²) in [4.78, 5) is 0. The van der Waals surface area contributed by atoms with Crippen LogP contribution < -0.4 is 10.6 Å². The lowest BCUT2D eigenvalue weighted by molar-refractivity contribution is 0.492. The quantitative estimate of drug-likeness (QED) is 0.630. The normalized spacial score (nSPS) is 33.9. The van der Waals surface area contributed by atoms with Crippen LogP contribution in [0.25, 0.3) is 0 Å². The third-order valence-corrected chi connectivity index (χ3v) is 3.26. The molecular formula is C11H22N2. The number of rotatable bonds is 5. The van der Waals surface area contributed by atoms with E-state index in [0.717, 1.165) is 31.1 Å². The summed E-state index contributed by atoms with van der Waals surface area (Å²) in [6.07, 6.45) is 7.02. The molecule has 2 N–H and O–H groups in total. The summed E-state index contributed by atoms with van der Waals surface area (Å²) < 4.78 is 0. The molecule has 0 bridgehead atoms. The molecule has 2 aliphatic rings. The Hall–Kier alpha value is -0.0800. The second-order valence-electron chi connectivity index (χ2n) is 4.80. The van der Waals surface area contributed by atoms with Gasteiger partial charge in [-0.05, 0) is 38.0 Å². The Morgan fingerprint density at radius 3 is 2.08 bits per heavy atom. The molecule has 0 heterocycles. The summed E-state index contributed by atoms with van der Waals surface area (Å²) in [5.41, 5.74) is 0. The van der Waals surface area contributed by atoms with Crippen molar-refractivity contribution < 1.29 is 0 Å². The van der Waals surface area contributed by atoms with Crippen molar-refractivity contribution in [2.75, 3.05) is 13.1 Å². The van der Waals surface area contributed by atoms with Gasteiger partial charge in [-0.1, -0.05) is 6.92 Å². The van der Waals surface area contributed by atoms with Gasteiger partial charge in [-0.2, -0.15) is 0 Å². The molecule has 13 heavy (non-hydrogen) atoms. The van der Waals surface area contributed by atoms with Gasteiger partial charge in [0.2, 0.25) is 0 Å². The van der Waals surface area contributed by atoms with Crippen LogP contribution in [0.3, 0.4) is 0 Å². The van der Waals surface area contributed by atoms with E-state index in [-0.39, 0.29) is 0 Å². The highest BCUT2D eigenvalue weighted by atomic mass is 15.0. The van der Waals surface area contributed by atoms with Crippen molar-refractivity contribution in [1.29, 1.82) is 0 Å². The van der Waals surface area contributed by atoms with Gasteiger partial charge in [-0.25, -0.2) is 0 Å². The van der Waals surface area contributed by atoms with E-state index in [2.05, 4.69) is 17.6 Å². The van der Waals surface area contributed by atoms with Gasteiger partial charge in [-0.3, -0.25) is 0 Å². The minimum absolute atomic E-state index is 0.816. The van der Waals surface area contributed by atoms with Crippen LogP contribution in [0, 0.1) is 5.92 Å². The smallest absolute Gasteiger partial charge is 0.00794 e. The molecule has 2 aliphatic carbocycles. The van der Waals surface area contributed by atoms with Gasteiger partial charge < -0.3 is 10.6 Å². The van der Waals surface area contributed by atoms with Crippen molar-refractivity contribution in [3.8, 4) is 0 Å². The molecule has 2 atom stereocenters. The second-order valence-corrected chi connectivity index (χ2v) is 4.80. The van der Waals surface area contributed by atoms with Crippen molar-refractivity contribution in [2.24, 2.45) is 5.92 Å². The van der Waals surface area contributed by atoms with Crippen molar-refractivity contribution in [3.63, 3.8) is 0 Å². The summed E-state index contributed by atoms with van der Waals surface area (Å²) in [6.45, 7) is 4.69. The fraction of sp³-hybridized carbons (Fsp3) is 1.00. The van der Waals surface area contributed by atoms with Crippen molar-refractivity contribution in [3.05, 3.63) is 0 Å². The fourth-order valence-electron chi connectivity index (χ4n) is 2.23. The lowest BCUT2D eigenvalue weighted by Gasteiger charge is -2.12. The van der Waals surface area contributed by atoms with E-state index < -0.39 is 0 Å². The molecule has 2 unspecified atom stereocenters. The Morgan fingerprint density at radius 1 is 0.923 bits per heavy atom. The largest absolute Gasteiger partial charge is 0.313 e. The number of hydrogen-bond acceptors (Lipinski definition) is 2. The summed E-state index contributed by atoms with van der Waals surface area (Å²) in [5, 5.41) is 7.16. The predicted octanol–water partition coefficient (Wildman–Crippen LogP) is 1.52. The highest BCUT2D eigenvalue weighted by Gasteiger charge is 2.21. The van der Waals surface area contributed by atoms with Gasteiger partial charge in [0.1, 0.15) is 0 Å². The number of nitrogens with one attached hydrogen (secondary N) is 2. The first-order valence-corrected chi connectivity index (χ1v) is 5.81. The molecule has 76 valence electrons. The van der Waals surface area contributed by atoms with Crippen LogP contribution in [-0.4, -0.2) is 25.2 Å². The molecule has 0 spiro atoms. The molecule has 2 rings (SSSR count). The van der Waals surface area contributed by atoms with Gasteiger partial charge in [0, 0.05) is 25.2 Å². The first kappa shape index (κ1) is 9.47. The maximum absolute atomic E-state index is 3.63. The van der Waals surface area contributed by atoms with Crippen LogP contribution in [0.1, 0.15) is 39.0 Å². The molecule has 2 fully saturated rings. The first-order chi connectivity index (χ1) is 6.34. The van der Waals surface area contributed by atoms with Gasteiger partial charge >= 0.3 is 0 Å². The Labute approximate surface area is 81.5 Å². The van der Waals surface area contributed by atoms with Crippen LogP contribution in [0.5, 0.6) is 0 Å². The van der Waals surface area contributed by atoms with E-state index in [9.17, 15) is 0 Å². The zero-order valence-corrected chi connectivity index (χ0v) is 8.68. The molecule has 0 aromatic carbocycles. The molecule has 2 heteroatoms. The van der Waals surface area contributed by atoms with E-state index in [1.807, 2.05) is 0 Å². The second kappa shape index (κ2) is 4.43. The summed E-state index contributed by atoms with van der Waals surface area (Å²) in [7, 11) is 0. The van der Waals surface area contributed by atoms with Crippen molar-refractivity contribution in [2.45, 2.75) is 51.1 Å². The van der Waals surface area contributed by atoms with E-state index in [4.69, 9.17) is 0 Å². The van der Waals surface area contributed by atoms with Crippen molar-refractivity contribution in [1.82, 2.24) is 10.6 Å². The van der Waals surface area contributed by atoms with Gasteiger partial charge in [0.25, 0.3) is 0 Å². The molecular weight excluding hydrogens is 160 g/mol. The maximum Gasteiger partial charge on any atom is 0.00794 e. The average molecular weight is 182 g/mol. The van der Waals surface area contributed by atoms with Gasteiger partial charge in [0.15, 0.2) is 0 Å². The van der Waals surface area contributed by atoms with Crippen LogP contribution in [0.4, 0.5) is 0 Å². The molecule has 2 saturated carbocycles. The van der Waals surface area contributed by atoms with Crippen molar-refractivity contribution >= 4 is 0 Å². The lowest BCUT2D eigenvalue weighted by atomic mass is 10.1. The zero-order chi connectivity index (χ0) is 9.10. The Bertz CT molecular complexity index is 154. The van der Waals surface area contributed by atoms with Gasteiger partial charge in [0.05, 0.1) is 0 Å². The fourth-order valence-corrected chi connectivity index (χ4v) is 2.23. The first-order valence-electron chi connectivity index (χ1n) is 5.81. The standard InChI is InChI=1S/C11H22N2/c1-9-2-3-11(8-9)13-7-6-12-10-4-5-10/h9-13H,2-8H2,1H3. The molecule has 0 radical (unpaired) electrons. The third kappa shape index (κ3) is 3.28. The van der Waals surface area contributed by atoms with Crippen LogP contribution in [0.15, 0.2) is 0 Å². The van der Waals surface area contributed by atoms with E-state index >= 15 is 0 Å². The Kier molecular flexibility index (Phi) is 3.23. The molecule has 0 aromatic heterocycles. The molecule has 0 saturated heterocycles. The summed E-state index contributed by atoms with van der Waals surface area (Å²) in [5.74, 6) is 0.953. The number of hydrogen-bond donors (Lipinski definition) is 2. The molecule has 0 aromatic rings. The molecule has 0 aliphatic heterocycles. The zero-order valence-electron chi connectivity index (χ0n) is 8.68. The van der Waals surface area contributed by atoms with Crippen LogP contribution >= 0.6 is 0 Å². The highest BCUT2D eigenvalue weighted by Crippen LogP contribution is 2.24. The van der Waals surface area contributed by atoms with Crippen LogP contribution in [0.2, 0.25) is 0 Å². The van der Waals surface area contributed by atoms with E-state index in [0.29, 0.717) is 0 Å². The lowest BCUT2D eigenvalue weighted by Crippen LogP contribution is -2.34. The highest BCUT2D eigenvalue weighted by molar-refractivity contribution is 4.82. The molecule has 2 nitrogen and oxygen atoms in total. The third-order valence-electron chi connectivity index (χ3n) is 3.26. The minimum atomic E-state index is 0.816.